The van der Waals surface area contributed by atoms with Crippen molar-refractivity contribution in [2.75, 3.05) is 38.1 Å². The third kappa shape index (κ3) is 9.79. The Bertz CT molecular complexity index is 1140. The molecule has 0 radical (unpaired) electrons. The fraction of sp³-hybridized carbons (Fsp3) is 0.452. The fourth-order valence-electron chi connectivity index (χ4n) is 4.56. The van der Waals surface area contributed by atoms with Crippen LogP contribution in [-0.2, 0) is 16.1 Å². The van der Waals surface area contributed by atoms with E-state index in [9.17, 15) is 19.2 Å². The Kier molecular flexibility index (Phi) is 13.1. The smallest absolute Gasteiger partial charge is 0.219 e. The number of rotatable bonds is 11. The van der Waals surface area contributed by atoms with Gasteiger partial charge in [0, 0.05) is 68.7 Å². The van der Waals surface area contributed by atoms with Crippen LogP contribution in [0.2, 0.25) is 0 Å². The van der Waals surface area contributed by atoms with Crippen LogP contribution in [0.4, 0.5) is 5.69 Å². The Morgan fingerprint density at radius 1 is 0.974 bits per heavy atom. The number of hydrogen-bond donors (Lipinski definition) is 1. The van der Waals surface area contributed by atoms with Crippen molar-refractivity contribution >= 4 is 47.0 Å². The zero-order valence-electron chi connectivity index (χ0n) is 23.7. The molecule has 8 heteroatoms. The van der Waals surface area contributed by atoms with Crippen molar-refractivity contribution in [3.05, 3.63) is 64.7 Å². The molecule has 0 aliphatic carbocycles. The van der Waals surface area contributed by atoms with E-state index in [0.29, 0.717) is 29.9 Å². The number of anilines is 1. The van der Waals surface area contributed by atoms with E-state index < -0.39 is 0 Å². The number of nitrogens with zero attached hydrogens (tertiary/aromatic N) is 2. The first-order valence-electron chi connectivity index (χ1n) is 13.4. The molecule has 1 N–H and O–H groups in total. The lowest BCUT2D eigenvalue weighted by Gasteiger charge is -2.37. The number of ketones is 2. The van der Waals surface area contributed by atoms with Crippen LogP contribution >= 0.6 is 12.2 Å². The zero-order chi connectivity index (χ0) is 28.9. The van der Waals surface area contributed by atoms with Crippen molar-refractivity contribution < 1.29 is 19.2 Å². The minimum atomic E-state index is -0.0690. The van der Waals surface area contributed by atoms with Gasteiger partial charge in [-0.15, -0.1) is 0 Å². The average Bonchev–Trinajstić information content (AvgIpc) is 2.93. The van der Waals surface area contributed by atoms with E-state index in [1.165, 1.54) is 19.4 Å². The summed E-state index contributed by atoms with van der Waals surface area (Å²) in [6.45, 7) is 11.4. The Labute approximate surface area is 237 Å². The Morgan fingerprint density at radius 2 is 1.62 bits per heavy atom. The lowest BCUT2D eigenvalue weighted by Crippen LogP contribution is -2.46. The molecule has 1 fully saturated rings. The monoisotopic (exact) mass is 551 g/mol. The third-order valence-electron chi connectivity index (χ3n) is 7.02. The van der Waals surface area contributed by atoms with Gasteiger partial charge in [-0.25, -0.2) is 0 Å². The standard InChI is InChI=1S/C22H24N2O2S.C9H17NO2/c1-16(25)20-4-3-5-21(22(20)17(2)26)24-12-10-23(11-13-24)14-18-6-8-19(15-27)9-7-18;1-7(2)8(6-11)4-5-9(12)10-3/h3-9,15H,10-14H2,1-2H3;6-8H,4-5H2,1-3H3,(H,10,12). The summed E-state index contributed by atoms with van der Waals surface area (Å²) < 4.78 is 0. The predicted molar refractivity (Wildman–Crippen MR) is 161 cm³/mol. The molecule has 0 aromatic heterocycles. The molecule has 1 heterocycles. The van der Waals surface area contributed by atoms with E-state index in [1.54, 1.807) is 18.5 Å². The number of hydrogen-bond acceptors (Lipinski definition) is 7. The first kappa shape index (κ1) is 32.0. The van der Waals surface area contributed by atoms with Crippen molar-refractivity contribution in [1.82, 2.24) is 10.2 Å². The molecule has 3 rings (SSSR count). The summed E-state index contributed by atoms with van der Waals surface area (Å²) >= 11 is 4.95. The van der Waals surface area contributed by atoms with E-state index in [4.69, 9.17) is 12.2 Å². The second-order valence-electron chi connectivity index (χ2n) is 10.2. The molecule has 2 aromatic carbocycles. The Morgan fingerprint density at radius 3 is 2.10 bits per heavy atom. The largest absolute Gasteiger partial charge is 0.368 e. The SMILES string of the molecule is CC(=O)c1cccc(N2CCN(Cc3ccc(C=S)cc3)CC2)c1C(C)=O.CNC(=O)CCC(C=O)C(C)C. The van der Waals surface area contributed by atoms with Crippen LogP contribution in [0.5, 0.6) is 0 Å². The minimum Gasteiger partial charge on any atom is -0.368 e. The highest BCUT2D eigenvalue weighted by Gasteiger charge is 2.23. The van der Waals surface area contributed by atoms with Gasteiger partial charge in [-0.05, 0) is 43.4 Å². The number of carbonyl (C=O) groups excluding carboxylic acids is 4. The molecule has 1 saturated heterocycles. The summed E-state index contributed by atoms with van der Waals surface area (Å²) in [5.74, 6) is 0.217. The summed E-state index contributed by atoms with van der Waals surface area (Å²) in [4.78, 5) is 50.1. The van der Waals surface area contributed by atoms with E-state index >= 15 is 0 Å². The zero-order valence-corrected chi connectivity index (χ0v) is 24.6. The quantitative estimate of drug-likeness (QED) is 0.245. The van der Waals surface area contributed by atoms with Gasteiger partial charge in [0.15, 0.2) is 11.6 Å². The first-order chi connectivity index (χ1) is 18.6. The summed E-state index contributed by atoms with van der Waals surface area (Å²) in [7, 11) is 1.60. The summed E-state index contributed by atoms with van der Waals surface area (Å²) in [6, 6.07) is 13.9. The van der Waals surface area contributed by atoms with E-state index in [0.717, 1.165) is 50.3 Å². The number of aldehydes is 1. The molecule has 39 heavy (non-hydrogen) atoms. The lowest BCUT2D eigenvalue weighted by molar-refractivity contribution is -0.121. The molecule has 2 aromatic rings. The van der Waals surface area contributed by atoms with Crippen LogP contribution in [0.1, 0.15) is 72.4 Å². The van der Waals surface area contributed by atoms with Gasteiger partial charge >= 0.3 is 0 Å². The van der Waals surface area contributed by atoms with Crippen LogP contribution in [0, 0.1) is 11.8 Å². The second-order valence-corrected chi connectivity index (χ2v) is 10.4. The van der Waals surface area contributed by atoms with Gasteiger partial charge in [0.1, 0.15) is 6.29 Å². The molecule has 0 bridgehead atoms. The van der Waals surface area contributed by atoms with Crippen molar-refractivity contribution in [3.63, 3.8) is 0 Å². The number of amides is 1. The molecule has 210 valence electrons. The van der Waals surface area contributed by atoms with Crippen LogP contribution < -0.4 is 10.2 Å². The van der Waals surface area contributed by atoms with Gasteiger partial charge in [-0.1, -0.05) is 62.5 Å². The number of nitrogens with one attached hydrogen (secondary N) is 1. The predicted octanol–water partition coefficient (Wildman–Crippen LogP) is 4.75. The molecule has 1 unspecified atom stereocenters. The van der Waals surface area contributed by atoms with E-state index in [-0.39, 0.29) is 23.4 Å². The van der Waals surface area contributed by atoms with Crippen molar-refractivity contribution in [2.24, 2.45) is 11.8 Å². The molecule has 1 aliphatic rings. The number of thiocarbonyl (C=S) groups is 1. The Hall–Kier alpha value is -3.23. The third-order valence-corrected chi connectivity index (χ3v) is 7.30. The maximum Gasteiger partial charge on any atom is 0.219 e. The maximum atomic E-state index is 12.2. The highest BCUT2D eigenvalue weighted by molar-refractivity contribution is 7.79. The number of carbonyl (C=O) groups is 4. The fourth-order valence-corrected chi connectivity index (χ4v) is 4.71. The molecule has 0 spiro atoms. The highest BCUT2D eigenvalue weighted by atomic mass is 32.1. The van der Waals surface area contributed by atoms with Gasteiger partial charge < -0.3 is 15.0 Å². The average molecular weight is 552 g/mol. The van der Waals surface area contributed by atoms with Crippen LogP contribution in [0.3, 0.4) is 0 Å². The summed E-state index contributed by atoms with van der Waals surface area (Å²) in [5, 5.41) is 4.21. The van der Waals surface area contributed by atoms with Gasteiger partial charge in [0.05, 0.1) is 5.56 Å². The summed E-state index contributed by atoms with van der Waals surface area (Å²) in [5.41, 5.74) is 4.27. The second kappa shape index (κ2) is 16.0. The number of Topliss-reactive ketones (excluding diaryl/α,β-unsaturated/α-hetero) is 2. The molecule has 1 amide bonds. The topological polar surface area (TPSA) is 86.8 Å². The van der Waals surface area contributed by atoms with E-state index in [1.807, 2.05) is 38.1 Å². The number of piperazine rings is 1. The van der Waals surface area contributed by atoms with E-state index in [2.05, 4.69) is 27.2 Å². The van der Waals surface area contributed by atoms with Gasteiger partial charge in [0.2, 0.25) is 5.91 Å². The normalized spacial score (nSPS) is 14.2. The Balaban J connectivity index is 0.000000377. The van der Waals surface area contributed by atoms with Gasteiger partial charge in [-0.3, -0.25) is 19.3 Å². The van der Waals surface area contributed by atoms with Crippen molar-refractivity contribution in [2.45, 2.75) is 47.1 Å². The lowest BCUT2D eigenvalue weighted by atomic mass is 9.93. The molecular weight excluding hydrogens is 510 g/mol. The minimum absolute atomic E-state index is 0.00231. The number of benzene rings is 2. The maximum absolute atomic E-state index is 12.2. The molecular formula is C31H41N3O4S. The molecule has 0 saturated carbocycles. The van der Waals surface area contributed by atoms with Gasteiger partial charge in [0.25, 0.3) is 0 Å². The highest BCUT2D eigenvalue weighted by Crippen LogP contribution is 2.26. The summed E-state index contributed by atoms with van der Waals surface area (Å²) in [6.07, 6.45) is 2.03. The first-order valence-corrected chi connectivity index (χ1v) is 13.9. The van der Waals surface area contributed by atoms with Crippen LogP contribution in [-0.4, -0.2) is 67.3 Å². The molecule has 7 nitrogen and oxygen atoms in total. The molecule has 1 aliphatic heterocycles. The molecule has 1 atom stereocenters. The van der Waals surface area contributed by atoms with Crippen molar-refractivity contribution in [1.29, 1.82) is 0 Å². The van der Waals surface area contributed by atoms with Crippen LogP contribution in [0.25, 0.3) is 0 Å². The van der Waals surface area contributed by atoms with Gasteiger partial charge in [-0.2, -0.15) is 0 Å². The van der Waals surface area contributed by atoms with Crippen LogP contribution in [0.15, 0.2) is 42.5 Å². The van der Waals surface area contributed by atoms with Crippen molar-refractivity contribution in [3.8, 4) is 0 Å².